The van der Waals surface area contributed by atoms with Gasteiger partial charge in [-0.25, -0.2) is 4.79 Å². The largest absolute Gasteiger partial charge is 0.508 e. The molecule has 2 N–H and O–H groups in total. The maximum absolute atomic E-state index is 10.9. The Hall–Kier alpha value is -1.97. The molecule has 0 atom stereocenters. The Labute approximate surface area is 79.0 Å². The smallest absolute Gasteiger partial charge is 0.339 e. The van der Waals surface area contributed by atoms with Crippen LogP contribution in [-0.4, -0.2) is 10.2 Å². The molecule has 1 aromatic heterocycles. The van der Waals surface area contributed by atoms with E-state index in [2.05, 4.69) is 0 Å². The van der Waals surface area contributed by atoms with Crippen LogP contribution in [0.15, 0.2) is 27.4 Å². The van der Waals surface area contributed by atoms with Gasteiger partial charge in [0.05, 0.1) is 11.5 Å². The molecule has 2 aromatic rings. The van der Waals surface area contributed by atoms with Crippen molar-refractivity contribution in [2.75, 3.05) is 0 Å². The molecule has 4 heteroatoms. The van der Waals surface area contributed by atoms with Gasteiger partial charge in [0.15, 0.2) is 0 Å². The van der Waals surface area contributed by atoms with Gasteiger partial charge in [-0.3, -0.25) is 0 Å². The lowest BCUT2D eigenvalue weighted by atomic mass is 10.1. The summed E-state index contributed by atoms with van der Waals surface area (Å²) in [6, 6.07) is 3.84. The van der Waals surface area contributed by atoms with E-state index in [-0.39, 0.29) is 17.1 Å². The average Bonchev–Trinajstić information content (AvgIpc) is 2.10. The molecule has 0 radical (unpaired) electrons. The zero-order valence-corrected chi connectivity index (χ0v) is 7.44. The highest BCUT2D eigenvalue weighted by atomic mass is 16.4. The van der Waals surface area contributed by atoms with E-state index in [9.17, 15) is 15.0 Å². The number of rotatable bonds is 0. The second-order valence-corrected chi connectivity index (χ2v) is 3.03. The van der Waals surface area contributed by atoms with Crippen LogP contribution >= 0.6 is 0 Å². The molecule has 0 amide bonds. The van der Waals surface area contributed by atoms with Crippen LogP contribution in [0.1, 0.15) is 5.56 Å². The van der Waals surface area contributed by atoms with Crippen molar-refractivity contribution in [3.05, 3.63) is 34.2 Å². The minimum absolute atomic E-state index is 0.0571. The summed E-state index contributed by atoms with van der Waals surface area (Å²) in [5.41, 5.74) is 0.147. The molecule has 0 fully saturated rings. The van der Waals surface area contributed by atoms with Crippen molar-refractivity contribution in [3.8, 4) is 11.5 Å². The molecule has 0 aliphatic rings. The maximum atomic E-state index is 10.9. The molecule has 0 saturated heterocycles. The van der Waals surface area contributed by atoms with Crippen molar-refractivity contribution in [1.29, 1.82) is 0 Å². The van der Waals surface area contributed by atoms with Crippen molar-refractivity contribution < 1.29 is 14.6 Å². The van der Waals surface area contributed by atoms with E-state index in [1.165, 1.54) is 12.1 Å². The average molecular weight is 192 g/mol. The van der Waals surface area contributed by atoms with Crippen LogP contribution in [0, 0.1) is 6.92 Å². The van der Waals surface area contributed by atoms with Gasteiger partial charge in [0.2, 0.25) is 0 Å². The number of phenolic OH excluding ortho intramolecular Hbond substituents is 1. The summed E-state index contributed by atoms with van der Waals surface area (Å²) in [5.74, 6) is -0.119. The molecule has 0 aliphatic carbocycles. The molecular weight excluding hydrogens is 184 g/mol. The maximum Gasteiger partial charge on any atom is 0.339 e. The van der Waals surface area contributed by atoms with Gasteiger partial charge in [0.25, 0.3) is 0 Å². The van der Waals surface area contributed by atoms with Gasteiger partial charge >= 0.3 is 5.63 Å². The van der Waals surface area contributed by atoms with E-state index in [0.717, 1.165) is 6.07 Å². The monoisotopic (exact) mass is 192 g/mol. The Morgan fingerprint density at radius 2 is 1.93 bits per heavy atom. The lowest BCUT2D eigenvalue weighted by Gasteiger charge is -2.04. The van der Waals surface area contributed by atoms with E-state index in [4.69, 9.17) is 4.42 Å². The summed E-state index contributed by atoms with van der Waals surface area (Å²) in [6.07, 6.45) is 0. The zero-order valence-electron chi connectivity index (χ0n) is 7.44. The van der Waals surface area contributed by atoms with Crippen molar-refractivity contribution >= 4 is 11.0 Å². The molecule has 72 valence electrons. The van der Waals surface area contributed by atoms with Crippen LogP contribution in [-0.2, 0) is 0 Å². The Kier molecular flexibility index (Phi) is 1.70. The molecule has 0 bridgehead atoms. The van der Waals surface area contributed by atoms with Crippen molar-refractivity contribution in [3.63, 3.8) is 0 Å². The summed E-state index contributed by atoms with van der Waals surface area (Å²) in [5, 5.41) is 19.2. The summed E-state index contributed by atoms with van der Waals surface area (Å²) in [6.45, 7) is 1.64. The standard InChI is InChI=1S/C10H8O4/c1-5-6(11)2-3-8-10(5)7(12)4-9(13)14-8/h2-4,11-12H,1H3. The number of aromatic hydroxyl groups is 2. The SMILES string of the molecule is Cc1c(O)ccc2oc(=O)cc(O)c12. The molecule has 0 unspecified atom stereocenters. The fourth-order valence-electron chi connectivity index (χ4n) is 1.40. The number of fused-ring (bicyclic) bond motifs is 1. The van der Waals surface area contributed by atoms with Gasteiger partial charge in [0.1, 0.15) is 17.1 Å². The first-order valence-corrected chi connectivity index (χ1v) is 4.05. The molecule has 2 rings (SSSR count). The molecule has 1 heterocycles. The Balaban J connectivity index is 3.03. The van der Waals surface area contributed by atoms with Gasteiger partial charge in [0, 0.05) is 5.56 Å². The molecule has 0 spiro atoms. The Morgan fingerprint density at radius 3 is 2.64 bits per heavy atom. The van der Waals surface area contributed by atoms with Gasteiger partial charge in [-0.15, -0.1) is 0 Å². The second kappa shape index (κ2) is 2.77. The minimum atomic E-state index is -0.611. The van der Waals surface area contributed by atoms with Crippen LogP contribution in [0.25, 0.3) is 11.0 Å². The number of benzene rings is 1. The normalized spacial score (nSPS) is 10.6. The topological polar surface area (TPSA) is 70.7 Å². The van der Waals surface area contributed by atoms with Gasteiger partial charge in [-0.05, 0) is 19.1 Å². The first kappa shape index (κ1) is 8.62. The predicted molar refractivity (Wildman–Crippen MR) is 50.6 cm³/mol. The molecular formula is C10H8O4. The first-order valence-electron chi connectivity index (χ1n) is 4.05. The van der Waals surface area contributed by atoms with Crippen molar-refractivity contribution in [2.24, 2.45) is 0 Å². The first-order chi connectivity index (χ1) is 6.59. The third kappa shape index (κ3) is 1.12. The predicted octanol–water partition coefficient (Wildman–Crippen LogP) is 1.51. The van der Waals surface area contributed by atoms with Gasteiger partial charge < -0.3 is 14.6 Å². The van der Waals surface area contributed by atoms with Gasteiger partial charge in [-0.2, -0.15) is 0 Å². The highest BCUT2D eigenvalue weighted by Gasteiger charge is 2.09. The third-order valence-corrected chi connectivity index (χ3v) is 2.12. The minimum Gasteiger partial charge on any atom is -0.508 e. The van der Waals surface area contributed by atoms with Crippen LogP contribution in [0.2, 0.25) is 0 Å². The van der Waals surface area contributed by atoms with Crippen LogP contribution in [0.4, 0.5) is 0 Å². The van der Waals surface area contributed by atoms with Crippen molar-refractivity contribution in [1.82, 2.24) is 0 Å². The highest BCUT2D eigenvalue weighted by Crippen LogP contribution is 2.31. The lowest BCUT2D eigenvalue weighted by molar-refractivity contribution is 0.459. The fraction of sp³-hybridized carbons (Fsp3) is 0.100. The number of aryl methyl sites for hydroxylation is 1. The molecule has 0 saturated carbocycles. The number of phenols is 1. The molecule has 0 aliphatic heterocycles. The summed E-state index contributed by atoms with van der Waals surface area (Å²) >= 11 is 0. The summed E-state index contributed by atoms with van der Waals surface area (Å²) < 4.78 is 4.85. The van der Waals surface area contributed by atoms with Crippen molar-refractivity contribution in [2.45, 2.75) is 6.92 Å². The lowest BCUT2D eigenvalue weighted by Crippen LogP contribution is -1.96. The Morgan fingerprint density at radius 1 is 1.21 bits per heavy atom. The second-order valence-electron chi connectivity index (χ2n) is 3.03. The molecule has 4 nitrogen and oxygen atoms in total. The molecule has 14 heavy (non-hydrogen) atoms. The zero-order chi connectivity index (χ0) is 10.3. The van der Waals surface area contributed by atoms with E-state index < -0.39 is 5.63 Å². The van der Waals surface area contributed by atoms with E-state index in [1.807, 2.05) is 0 Å². The summed E-state index contributed by atoms with van der Waals surface area (Å²) in [7, 11) is 0. The fourth-order valence-corrected chi connectivity index (χ4v) is 1.40. The molecule has 1 aromatic carbocycles. The number of hydrogen-bond donors (Lipinski definition) is 2. The third-order valence-electron chi connectivity index (χ3n) is 2.12. The van der Waals surface area contributed by atoms with E-state index >= 15 is 0 Å². The van der Waals surface area contributed by atoms with Gasteiger partial charge in [-0.1, -0.05) is 0 Å². The van der Waals surface area contributed by atoms with E-state index in [0.29, 0.717) is 10.9 Å². The quantitative estimate of drug-likeness (QED) is 0.620. The highest BCUT2D eigenvalue weighted by molar-refractivity contribution is 5.87. The van der Waals surface area contributed by atoms with E-state index in [1.54, 1.807) is 6.92 Å². The number of hydrogen-bond acceptors (Lipinski definition) is 4. The summed E-state index contributed by atoms with van der Waals surface area (Å²) in [4.78, 5) is 10.9. The van der Waals surface area contributed by atoms with Crippen LogP contribution in [0.3, 0.4) is 0 Å². The Bertz CT molecular complexity index is 554. The van der Waals surface area contributed by atoms with Crippen LogP contribution < -0.4 is 5.63 Å². The van der Waals surface area contributed by atoms with Crippen LogP contribution in [0.5, 0.6) is 11.5 Å².